The van der Waals surface area contributed by atoms with E-state index in [1.807, 2.05) is 4.90 Å². The molecule has 1 amide bonds. The van der Waals surface area contributed by atoms with Gasteiger partial charge in [0.1, 0.15) is 17.1 Å². The van der Waals surface area contributed by atoms with Crippen LogP contribution in [0.15, 0.2) is 29.2 Å². The topological polar surface area (TPSA) is 125 Å². The molecule has 2 atom stereocenters. The first-order valence-electron chi connectivity index (χ1n) is 7.55. The summed E-state index contributed by atoms with van der Waals surface area (Å²) in [7, 11) is 0. The number of aliphatic hydroxyl groups is 2. The molecule has 3 heterocycles. The average molecular weight is 333 g/mol. The van der Waals surface area contributed by atoms with Crippen LogP contribution in [-0.4, -0.2) is 67.5 Å². The number of amides is 1. The van der Waals surface area contributed by atoms with E-state index in [1.54, 1.807) is 13.0 Å². The van der Waals surface area contributed by atoms with Crippen LogP contribution in [0.4, 0.5) is 0 Å². The maximum atomic E-state index is 12.0. The molecule has 0 aromatic carbocycles. The summed E-state index contributed by atoms with van der Waals surface area (Å²) in [6.07, 6.45) is 3.24. The minimum absolute atomic E-state index is 0.0854. The summed E-state index contributed by atoms with van der Waals surface area (Å²) < 4.78 is 5.01. The number of hydrogen-bond donors (Lipinski definition) is 3. The Hall–Kier alpha value is -2.36. The minimum Gasteiger partial charge on any atom is -0.389 e. The van der Waals surface area contributed by atoms with Gasteiger partial charge in [-0.2, -0.15) is 0 Å². The number of β-amino-alcohol motifs (C(OH)–C–C–N with tert-alkyl or cyclic N) is 2. The Bertz CT molecular complexity index is 707. The molecule has 1 aliphatic heterocycles. The van der Waals surface area contributed by atoms with Crippen LogP contribution in [0.3, 0.4) is 0 Å². The van der Waals surface area contributed by atoms with E-state index in [2.05, 4.69) is 20.4 Å². The minimum atomic E-state index is -1.43. The lowest BCUT2D eigenvalue weighted by Crippen LogP contribution is -2.51. The van der Waals surface area contributed by atoms with E-state index in [9.17, 15) is 15.0 Å². The quantitative estimate of drug-likeness (QED) is 0.644. The van der Waals surface area contributed by atoms with Gasteiger partial charge in [0.25, 0.3) is 5.91 Å². The van der Waals surface area contributed by atoms with Gasteiger partial charge in [0, 0.05) is 38.1 Å². The summed E-state index contributed by atoms with van der Waals surface area (Å²) in [6, 6.07) is 1.81. The maximum absolute atomic E-state index is 12.0. The van der Waals surface area contributed by atoms with Crippen molar-refractivity contribution in [2.75, 3.05) is 19.6 Å². The number of hydrogen-bond acceptors (Lipinski definition) is 8. The highest BCUT2D eigenvalue weighted by atomic mass is 16.5. The fourth-order valence-corrected chi connectivity index (χ4v) is 2.73. The third-order valence-electron chi connectivity index (χ3n) is 3.96. The average Bonchev–Trinajstić information content (AvgIpc) is 3.09. The van der Waals surface area contributed by atoms with Gasteiger partial charge in [0.2, 0.25) is 0 Å². The molecule has 0 unspecified atom stereocenters. The molecule has 1 fully saturated rings. The van der Waals surface area contributed by atoms with E-state index in [0.29, 0.717) is 12.3 Å². The van der Waals surface area contributed by atoms with E-state index in [1.165, 1.54) is 18.6 Å². The van der Waals surface area contributed by atoms with Crippen molar-refractivity contribution in [1.82, 2.24) is 25.3 Å². The van der Waals surface area contributed by atoms with E-state index < -0.39 is 17.6 Å². The van der Waals surface area contributed by atoms with Gasteiger partial charge in [-0.25, -0.2) is 4.98 Å². The second-order valence-electron chi connectivity index (χ2n) is 5.99. The zero-order valence-corrected chi connectivity index (χ0v) is 13.2. The number of likely N-dealkylation sites (tertiary alicyclic amines) is 1. The van der Waals surface area contributed by atoms with Gasteiger partial charge in [0.15, 0.2) is 0 Å². The van der Waals surface area contributed by atoms with Gasteiger partial charge in [-0.15, -0.1) is 0 Å². The third kappa shape index (κ3) is 3.58. The zero-order valence-electron chi connectivity index (χ0n) is 13.2. The first kappa shape index (κ1) is 16.5. The Labute approximate surface area is 138 Å². The van der Waals surface area contributed by atoms with Crippen LogP contribution in [0.25, 0.3) is 0 Å². The number of carbonyl (C=O) groups excluding carboxylic acids is 1. The molecular formula is C15H19N5O4. The Morgan fingerprint density at radius 3 is 3.04 bits per heavy atom. The van der Waals surface area contributed by atoms with Gasteiger partial charge >= 0.3 is 0 Å². The molecule has 2 aromatic rings. The number of carbonyl (C=O) groups is 1. The fraction of sp³-hybridized carbons (Fsp3) is 0.467. The normalized spacial score (nSPS) is 24.2. The van der Waals surface area contributed by atoms with Crippen LogP contribution >= 0.6 is 0 Å². The fourth-order valence-electron chi connectivity index (χ4n) is 2.73. The van der Waals surface area contributed by atoms with Gasteiger partial charge < -0.3 is 20.1 Å². The van der Waals surface area contributed by atoms with Crippen molar-refractivity contribution in [2.45, 2.75) is 25.2 Å². The smallest absolute Gasteiger partial charge is 0.271 e. The van der Waals surface area contributed by atoms with Gasteiger partial charge in [-0.1, -0.05) is 5.16 Å². The predicted octanol–water partition coefficient (Wildman–Crippen LogP) is -0.889. The molecule has 2 aromatic heterocycles. The van der Waals surface area contributed by atoms with Gasteiger partial charge in [0.05, 0.1) is 24.5 Å². The lowest BCUT2D eigenvalue weighted by molar-refractivity contribution is -0.0377. The molecule has 0 bridgehead atoms. The van der Waals surface area contributed by atoms with Gasteiger partial charge in [-0.3, -0.25) is 14.7 Å². The number of nitrogens with one attached hydrogen (secondary N) is 1. The molecule has 24 heavy (non-hydrogen) atoms. The molecule has 0 saturated carbocycles. The summed E-state index contributed by atoms with van der Waals surface area (Å²) in [5, 5.41) is 27.3. The van der Waals surface area contributed by atoms with Crippen molar-refractivity contribution in [1.29, 1.82) is 0 Å². The summed E-state index contributed by atoms with van der Waals surface area (Å²) in [5.74, 6) is 0.255. The molecule has 1 saturated heterocycles. The molecule has 0 radical (unpaired) electrons. The molecule has 128 valence electrons. The number of aliphatic hydroxyl groups excluding tert-OH is 1. The molecule has 0 aliphatic carbocycles. The maximum Gasteiger partial charge on any atom is 0.271 e. The van der Waals surface area contributed by atoms with Gasteiger partial charge in [-0.05, 0) is 6.92 Å². The summed E-state index contributed by atoms with van der Waals surface area (Å²) in [4.78, 5) is 21.6. The largest absolute Gasteiger partial charge is 0.389 e. The first-order chi connectivity index (χ1) is 11.5. The number of aromatic nitrogens is 3. The van der Waals surface area contributed by atoms with Crippen LogP contribution in [0.1, 0.15) is 21.9 Å². The van der Waals surface area contributed by atoms with Crippen LogP contribution < -0.4 is 5.32 Å². The van der Waals surface area contributed by atoms with E-state index >= 15 is 0 Å². The predicted molar refractivity (Wildman–Crippen MR) is 81.8 cm³/mol. The van der Waals surface area contributed by atoms with E-state index in [4.69, 9.17) is 4.52 Å². The summed E-state index contributed by atoms with van der Waals surface area (Å²) >= 11 is 0. The van der Waals surface area contributed by atoms with Crippen LogP contribution in [-0.2, 0) is 6.54 Å². The van der Waals surface area contributed by atoms with Crippen molar-refractivity contribution in [2.24, 2.45) is 0 Å². The van der Waals surface area contributed by atoms with Crippen molar-refractivity contribution in [3.05, 3.63) is 41.8 Å². The Balaban J connectivity index is 1.57. The molecule has 3 rings (SSSR count). The highest BCUT2D eigenvalue weighted by Crippen LogP contribution is 2.23. The Morgan fingerprint density at radius 2 is 2.38 bits per heavy atom. The second kappa shape index (κ2) is 6.63. The van der Waals surface area contributed by atoms with Crippen molar-refractivity contribution >= 4 is 5.91 Å². The molecule has 1 aliphatic rings. The Kier molecular flexibility index (Phi) is 4.56. The van der Waals surface area contributed by atoms with Crippen LogP contribution in [0, 0.1) is 6.92 Å². The SMILES string of the molecule is Cc1cc(CN2C[C@@H](O)[C@](O)(CNC(=O)c3cnccn3)C2)no1. The third-order valence-corrected chi connectivity index (χ3v) is 3.96. The van der Waals surface area contributed by atoms with Crippen molar-refractivity contribution in [3.8, 4) is 0 Å². The molecule has 9 nitrogen and oxygen atoms in total. The van der Waals surface area contributed by atoms with E-state index in [-0.39, 0.29) is 25.3 Å². The summed E-state index contributed by atoms with van der Waals surface area (Å²) in [6.45, 7) is 2.66. The van der Waals surface area contributed by atoms with Crippen molar-refractivity contribution < 1.29 is 19.5 Å². The zero-order chi connectivity index (χ0) is 17.2. The number of nitrogens with zero attached hydrogens (tertiary/aromatic N) is 4. The molecule has 9 heteroatoms. The second-order valence-corrected chi connectivity index (χ2v) is 5.99. The monoisotopic (exact) mass is 333 g/mol. The summed E-state index contributed by atoms with van der Waals surface area (Å²) in [5.41, 5.74) is -0.549. The van der Waals surface area contributed by atoms with Crippen LogP contribution in [0.2, 0.25) is 0 Å². The molecule has 0 spiro atoms. The highest BCUT2D eigenvalue weighted by molar-refractivity contribution is 5.91. The lowest BCUT2D eigenvalue weighted by Gasteiger charge is -2.26. The van der Waals surface area contributed by atoms with E-state index in [0.717, 1.165) is 5.69 Å². The lowest BCUT2D eigenvalue weighted by atomic mass is 10.0. The highest BCUT2D eigenvalue weighted by Gasteiger charge is 2.44. The number of rotatable bonds is 5. The molecular weight excluding hydrogens is 314 g/mol. The van der Waals surface area contributed by atoms with Crippen LogP contribution in [0.5, 0.6) is 0 Å². The Morgan fingerprint density at radius 1 is 1.54 bits per heavy atom. The molecule has 3 N–H and O–H groups in total. The standard InChI is InChI=1S/C15H19N5O4/c1-10-4-11(19-24-10)6-20-7-13(21)15(23,9-20)8-18-14(22)12-5-16-2-3-17-12/h2-5,13,21,23H,6-9H2,1H3,(H,18,22)/t13-,15+/m1/s1. The van der Waals surface area contributed by atoms with Crippen molar-refractivity contribution in [3.63, 3.8) is 0 Å². The first-order valence-corrected chi connectivity index (χ1v) is 7.55. The number of aryl methyl sites for hydroxylation is 1.